The van der Waals surface area contributed by atoms with Crippen LogP contribution in [-0.2, 0) is 9.59 Å². The smallest absolute Gasteiger partial charge is 0.232 e. The van der Waals surface area contributed by atoms with E-state index in [-0.39, 0.29) is 18.2 Å². The molecule has 1 N–H and O–H groups in total. The molecule has 0 radical (unpaired) electrons. The Balaban J connectivity index is 1.70. The van der Waals surface area contributed by atoms with Crippen LogP contribution in [0.1, 0.15) is 17.9 Å². The number of amides is 2. The summed E-state index contributed by atoms with van der Waals surface area (Å²) in [7, 11) is 1.74. The van der Waals surface area contributed by atoms with Crippen LogP contribution in [0.5, 0.6) is 0 Å². The summed E-state index contributed by atoms with van der Waals surface area (Å²) < 4.78 is 0. The Bertz CT molecular complexity index is 978. The van der Waals surface area contributed by atoms with Crippen molar-refractivity contribution in [3.8, 4) is 0 Å². The SMILES string of the molecule is CN1C(=O)CC(C(=O)Nc2cccc3cccnc23)c2ccccc21. The van der Waals surface area contributed by atoms with Crippen LogP contribution in [-0.4, -0.2) is 23.8 Å². The van der Waals surface area contributed by atoms with Gasteiger partial charge in [0.2, 0.25) is 11.8 Å². The van der Waals surface area contributed by atoms with E-state index in [0.717, 1.165) is 22.2 Å². The number of anilines is 2. The summed E-state index contributed by atoms with van der Waals surface area (Å²) in [4.78, 5) is 31.2. The van der Waals surface area contributed by atoms with Crippen LogP contribution in [0.15, 0.2) is 60.8 Å². The maximum atomic E-state index is 12.9. The molecule has 2 aromatic carbocycles. The maximum absolute atomic E-state index is 12.9. The molecule has 3 aromatic rings. The molecule has 4 rings (SSSR count). The van der Waals surface area contributed by atoms with Crippen LogP contribution in [0.3, 0.4) is 0 Å². The highest BCUT2D eigenvalue weighted by Crippen LogP contribution is 2.36. The predicted octanol–water partition coefficient (Wildman–Crippen LogP) is 3.32. The van der Waals surface area contributed by atoms with E-state index < -0.39 is 5.92 Å². The number of nitrogens with one attached hydrogen (secondary N) is 1. The summed E-state index contributed by atoms with van der Waals surface area (Å²) in [5, 5.41) is 3.92. The van der Waals surface area contributed by atoms with Gasteiger partial charge in [-0.25, -0.2) is 0 Å². The fraction of sp³-hybridized carbons (Fsp3) is 0.150. The minimum absolute atomic E-state index is 0.0603. The molecule has 0 bridgehead atoms. The zero-order chi connectivity index (χ0) is 17.4. The van der Waals surface area contributed by atoms with E-state index >= 15 is 0 Å². The number of pyridine rings is 1. The molecule has 0 saturated heterocycles. The van der Waals surface area contributed by atoms with Gasteiger partial charge in [-0.3, -0.25) is 14.6 Å². The van der Waals surface area contributed by atoms with Crippen LogP contribution in [0.4, 0.5) is 11.4 Å². The van der Waals surface area contributed by atoms with Gasteiger partial charge in [0, 0.05) is 30.7 Å². The van der Waals surface area contributed by atoms with Crippen LogP contribution in [0.2, 0.25) is 0 Å². The highest BCUT2D eigenvalue weighted by Gasteiger charge is 2.33. The molecule has 1 unspecified atom stereocenters. The van der Waals surface area contributed by atoms with Crippen molar-refractivity contribution in [1.29, 1.82) is 0 Å². The first-order valence-electron chi connectivity index (χ1n) is 8.15. The minimum Gasteiger partial charge on any atom is -0.324 e. The zero-order valence-corrected chi connectivity index (χ0v) is 13.8. The largest absolute Gasteiger partial charge is 0.324 e. The Morgan fingerprint density at radius 1 is 1.12 bits per heavy atom. The van der Waals surface area contributed by atoms with Gasteiger partial charge in [0.15, 0.2) is 0 Å². The van der Waals surface area contributed by atoms with Crippen molar-refractivity contribution in [3.63, 3.8) is 0 Å². The molecule has 25 heavy (non-hydrogen) atoms. The number of fused-ring (bicyclic) bond motifs is 2. The monoisotopic (exact) mass is 331 g/mol. The number of aromatic nitrogens is 1. The van der Waals surface area contributed by atoms with Gasteiger partial charge in [0.1, 0.15) is 0 Å². The summed E-state index contributed by atoms with van der Waals surface area (Å²) in [6, 6.07) is 17.0. The van der Waals surface area contributed by atoms with Crippen molar-refractivity contribution in [2.24, 2.45) is 0 Å². The van der Waals surface area contributed by atoms with Crippen molar-refractivity contribution in [1.82, 2.24) is 4.98 Å². The maximum Gasteiger partial charge on any atom is 0.232 e. The number of hydrogen-bond donors (Lipinski definition) is 1. The lowest BCUT2D eigenvalue weighted by atomic mass is 9.89. The topological polar surface area (TPSA) is 62.3 Å². The van der Waals surface area contributed by atoms with Gasteiger partial charge in [-0.1, -0.05) is 36.4 Å². The van der Waals surface area contributed by atoms with Crippen molar-refractivity contribution >= 4 is 34.1 Å². The number of rotatable bonds is 2. The Morgan fingerprint density at radius 3 is 2.80 bits per heavy atom. The first kappa shape index (κ1) is 15.3. The lowest BCUT2D eigenvalue weighted by molar-refractivity contribution is -0.124. The van der Waals surface area contributed by atoms with E-state index in [2.05, 4.69) is 10.3 Å². The summed E-state index contributed by atoms with van der Waals surface area (Å²) in [5.41, 5.74) is 3.06. The summed E-state index contributed by atoms with van der Waals surface area (Å²) >= 11 is 0. The molecule has 0 aliphatic carbocycles. The molecular formula is C20H17N3O2. The fourth-order valence-electron chi connectivity index (χ4n) is 3.30. The summed E-state index contributed by atoms with van der Waals surface area (Å²) in [6.45, 7) is 0. The molecule has 1 aliphatic heterocycles. The van der Waals surface area contributed by atoms with Gasteiger partial charge in [-0.2, -0.15) is 0 Å². The Hall–Kier alpha value is -3.21. The number of nitrogens with zero attached hydrogens (tertiary/aromatic N) is 2. The Kier molecular flexibility index (Phi) is 3.69. The average molecular weight is 331 g/mol. The molecule has 1 atom stereocenters. The van der Waals surface area contributed by atoms with E-state index in [4.69, 9.17) is 0 Å². The third-order valence-electron chi connectivity index (χ3n) is 4.63. The van der Waals surface area contributed by atoms with Gasteiger partial charge >= 0.3 is 0 Å². The van der Waals surface area contributed by atoms with Crippen LogP contribution in [0, 0.1) is 0 Å². The Labute approximate surface area is 145 Å². The zero-order valence-electron chi connectivity index (χ0n) is 13.8. The van der Waals surface area contributed by atoms with Gasteiger partial charge < -0.3 is 10.2 Å². The van der Waals surface area contributed by atoms with E-state index in [1.807, 2.05) is 54.6 Å². The van der Waals surface area contributed by atoms with E-state index in [1.54, 1.807) is 18.1 Å². The highest BCUT2D eigenvalue weighted by atomic mass is 16.2. The molecule has 2 amide bonds. The highest BCUT2D eigenvalue weighted by molar-refractivity contribution is 6.08. The molecule has 124 valence electrons. The third-order valence-corrected chi connectivity index (χ3v) is 4.63. The van der Waals surface area contributed by atoms with Gasteiger partial charge in [-0.15, -0.1) is 0 Å². The average Bonchev–Trinajstić information content (AvgIpc) is 2.65. The standard InChI is InChI=1S/C20H17N3O2/c1-23-17-10-3-2-8-14(17)15(12-18(23)24)20(25)22-16-9-4-6-13-7-5-11-21-19(13)16/h2-11,15H,12H2,1H3,(H,22,25). The Morgan fingerprint density at radius 2 is 1.92 bits per heavy atom. The molecule has 0 fully saturated rings. The predicted molar refractivity (Wildman–Crippen MR) is 97.6 cm³/mol. The summed E-state index contributed by atoms with van der Waals surface area (Å²) in [6.07, 6.45) is 1.87. The minimum atomic E-state index is -0.501. The lowest BCUT2D eigenvalue weighted by Crippen LogP contribution is -2.37. The van der Waals surface area contributed by atoms with Crippen molar-refractivity contribution < 1.29 is 9.59 Å². The number of carbonyl (C=O) groups is 2. The van der Waals surface area contributed by atoms with Gasteiger partial charge in [0.05, 0.1) is 17.1 Å². The van der Waals surface area contributed by atoms with E-state index in [9.17, 15) is 9.59 Å². The molecule has 0 saturated carbocycles. The van der Waals surface area contributed by atoms with Crippen LogP contribution < -0.4 is 10.2 Å². The number of para-hydroxylation sites is 2. The first-order valence-corrected chi connectivity index (χ1v) is 8.15. The van der Waals surface area contributed by atoms with Crippen molar-refractivity contribution in [3.05, 3.63) is 66.4 Å². The van der Waals surface area contributed by atoms with Gasteiger partial charge in [0.25, 0.3) is 0 Å². The number of benzene rings is 2. The molecule has 1 aromatic heterocycles. The first-order chi connectivity index (χ1) is 12.1. The van der Waals surface area contributed by atoms with E-state index in [1.165, 1.54) is 0 Å². The fourth-order valence-corrected chi connectivity index (χ4v) is 3.30. The second kappa shape index (κ2) is 6.02. The second-order valence-electron chi connectivity index (χ2n) is 6.14. The molecule has 0 spiro atoms. The third kappa shape index (κ3) is 2.63. The summed E-state index contributed by atoms with van der Waals surface area (Å²) in [5.74, 6) is -0.749. The molecule has 5 heteroatoms. The van der Waals surface area contributed by atoms with Crippen LogP contribution in [0.25, 0.3) is 10.9 Å². The number of carbonyl (C=O) groups excluding carboxylic acids is 2. The van der Waals surface area contributed by atoms with E-state index in [0.29, 0.717) is 5.69 Å². The molecule has 5 nitrogen and oxygen atoms in total. The number of hydrogen-bond acceptors (Lipinski definition) is 3. The van der Waals surface area contributed by atoms with Crippen molar-refractivity contribution in [2.75, 3.05) is 17.3 Å². The van der Waals surface area contributed by atoms with Gasteiger partial charge in [-0.05, 0) is 23.8 Å². The van der Waals surface area contributed by atoms with Crippen LogP contribution >= 0.6 is 0 Å². The molecular weight excluding hydrogens is 314 g/mol. The second-order valence-corrected chi connectivity index (χ2v) is 6.14. The molecule has 1 aliphatic rings. The lowest BCUT2D eigenvalue weighted by Gasteiger charge is -2.30. The molecule has 2 heterocycles. The van der Waals surface area contributed by atoms with Crippen molar-refractivity contribution in [2.45, 2.75) is 12.3 Å². The normalized spacial score (nSPS) is 16.6. The quantitative estimate of drug-likeness (QED) is 0.783.